The zero-order valence-corrected chi connectivity index (χ0v) is 11.0. The highest BCUT2D eigenvalue weighted by Crippen LogP contribution is 2.24. The van der Waals surface area contributed by atoms with Crippen LogP contribution in [-0.2, 0) is 0 Å². The van der Waals surface area contributed by atoms with Crippen molar-refractivity contribution in [2.45, 2.75) is 64.5 Å². The van der Waals surface area contributed by atoms with E-state index in [1.807, 2.05) is 0 Å². The van der Waals surface area contributed by atoms with Crippen molar-refractivity contribution in [2.75, 3.05) is 26.2 Å². The summed E-state index contributed by atoms with van der Waals surface area (Å²) >= 11 is 0. The molecular weight excluding hydrogens is 196 g/mol. The molecule has 1 atom stereocenters. The van der Waals surface area contributed by atoms with Crippen molar-refractivity contribution in [3.8, 4) is 0 Å². The molecule has 1 unspecified atom stereocenters. The van der Waals surface area contributed by atoms with E-state index >= 15 is 0 Å². The molecule has 0 bridgehead atoms. The number of fused-ring (bicyclic) bond motifs is 1. The predicted molar refractivity (Wildman–Crippen MR) is 69.5 cm³/mol. The van der Waals surface area contributed by atoms with Gasteiger partial charge < -0.3 is 0 Å². The Hall–Kier alpha value is -0.0800. The van der Waals surface area contributed by atoms with Gasteiger partial charge in [0.15, 0.2) is 0 Å². The molecule has 0 amide bonds. The van der Waals surface area contributed by atoms with Crippen LogP contribution in [0.2, 0.25) is 0 Å². The van der Waals surface area contributed by atoms with Gasteiger partial charge in [0.1, 0.15) is 0 Å². The zero-order chi connectivity index (χ0) is 11.2. The quantitative estimate of drug-likeness (QED) is 0.677. The highest BCUT2D eigenvalue weighted by atomic mass is 15.4. The molecule has 2 heterocycles. The van der Waals surface area contributed by atoms with E-state index in [4.69, 9.17) is 0 Å². The van der Waals surface area contributed by atoms with Crippen LogP contribution in [0, 0.1) is 0 Å². The molecule has 0 saturated carbocycles. The summed E-state index contributed by atoms with van der Waals surface area (Å²) in [5, 5.41) is 0. The zero-order valence-electron chi connectivity index (χ0n) is 11.0. The minimum absolute atomic E-state index is 0.799. The van der Waals surface area contributed by atoms with Crippen LogP contribution in [0.5, 0.6) is 0 Å². The Morgan fingerprint density at radius 2 is 1.81 bits per heavy atom. The lowest BCUT2D eigenvalue weighted by Gasteiger charge is -2.43. The van der Waals surface area contributed by atoms with Crippen molar-refractivity contribution in [3.05, 3.63) is 0 Å². The maximum Gasteiger partial charge on any atom is 0.0622 e. The van der Waals surface area contributed by atoms with Gasteiger partial charge in [0.2, 0.25) is 0 Å². The third kappa shape index (κ3) is 3.21. The van der Waals surface area contributed by atoms with Gasteiger partial charge >= 0.3 is 0 Å². The largest absolute Gasteiger partial charge is 0.288 e. The van der Waals surface area contributed by atoms with Crippen molar-refractivity contribution in [1.82, 2.24) is 9.80 Å². The number of rotatable bonds is 4. The van der Waals surface area contributed by atoms with E-state index in [0.717, 1.165) is 6.17 Å². The number of hydrogen-bond donors (Lipinski definition) is 0. The first-order valence-electron chi connectivity index (χ1n) is 7.40. The van der Waals surface area contributed by atoms with Crippen molar-refractivity contribution >= 4 is 0 Å². The Balaban J connectivity index is 1.85. The summed E-state index contributed by atoms with van der Waals surface area (Å²) in [6.45, 7) is 7.71. The van der Waals surface area contributed by atoms with Gasteiger partial charge in [-0.15, -0.1) is 0 Å². The van der Waals surface area contributed by atoms with Crippen LogP contribution < -0.4 is 0 Å². The fourth-order valence-corrected chi connectivity index (χ4v) is 3.28. The Labute approximate surface area is 101 Å². The minimum Gasteiger partial charge on any atom is -0.288 e. The van der Waals surface area contributed by atoms with Crippen molar-refractivity contribution < 1.29 is 0 Å². The molecule has 2 aliphatic heterocycles. The molecule has 0 radical (unpaired) electrons. The van der Waals surface area contributed by atoms with E-state index in [-0.39, 0.29) is 0 Å². The fourth-order valence-electron chi connectivity index (χ4n) is 3.28. The van der Waals surface area contributed by atoms with Crippen LogP contribution in [0.3, 0.4) is 0 Å². The summed E-state index contributed by atoms with van der Waals surface area (Å²) in [5.74, 6) is 0. The first-order valence-corrected chi connectivity index (χ1v) is 7.40. The molecule has 16 heavy (non-hydrogen) atoms. The fraction of sp³-hybridized carbons (Fsp3) is 1.00. The smallest absolute Gasteiger partial charge is 0.0622 e. The molecule has 2 aliphatic rings. The summed E-state index contributed by atoms with van der Waals surface area (Å²) in [7, 11) is 0. The van der Waals surface area contributed by atoms with Crippen LogP contribution >= 0.6 is 0 Å². The van der Waals surface area contributed by atoms with Crippen molar-refractivity contribution in [2.24, 2.45) is 0 Å². The van der Waals surface area contributed by atoms with Crippen LogP contribution in [-0.4, -0.2) is 42.1 Å². The van der Waals surface area contributed by atoms with Gasteiger partial charge in [-0.25, -0.2) is 0 Å². The number of hydrogen-bond acceptors (Lipinski definition) is 2. The van der Waals surface area contributed by atoms with Crippen LogP contribution in [0.4, 0.5) is 0 Å². The van der Waals surface area contributed by atoms with Gasteiger partial charge in [-0.1, -0.05) is 32.6 Å². The van der Waals surface area contributed by atoms with Gasteiger partial charge in [0, 0.05) is 13.1 Å². The van der Waals surface area contributed by atoms with E-state index in [9.17, 15) is 0 Å². The second kappa shape index (κ2) is 6.61. The monoisotopic (exact) mass is 224 g/mol. The van der Waals surface area contributed by atoms with E-state index in [1.165, 1.54) is 77.5 Å². The second-order valence-electron chi connectivity index (χ2n) is 5.46. The Kier molecular flexibility index (Phi) is 5.11. The van der Waals surface area contributed by atoms with E-state index in [1.54, 1.807) is 0 Å². The van der Waals surface area contributed by atoms with Crippen LogP contribution in [0.1, 0.15) is 58.3 Å². The lowest BCUT2D eigenvalue weighted by Crippen LogP contribution is -2.53. The molecule has 0 aliphatic carbocycles. The van der Waals surface area contributed by atoms with Crippen molar-refractivity contribution in [1.29, 1.82) is 0 Å². The average Bonchev–Trinajstić information content (AvgIpc) is 2.55. The lowest BCUT2D eigenvalue weighted by atomic mass is 10.1. The molecule has 94 valence electrons. The third-order valence-electron chi connectivity index (χ3n) is 4.19. The molecule has 2 rings (SSSR count). The van der Waals surface area contributed by atoms with E-state index in [0.29, 0.717) is 0 Å². The van der Waals surface area contributed by atoms with Gasteiger partial charge in [-0.3, -0.25) is 9.80 Å². The average molecular weight is 224 g/mol. The molecule has 2 saturated heterocycles. The first kappa shape index (κ1) is 12.4. The van der Waals surface area contributed by atoms with Crippen LogP contribution in [0.15, 0.2) is 0 Å². The number of nitrogens with zero attached hydrogens (tertiary/aromatic N) is 2. The minimum atomic E-state index is 0.799. The maximum absolute atomic E-state index is 2.77. The summed E-state index contributed by atoms with van der Waals surface area (Å²) < 4.78 is 0. The Bertz CT molecular complexity index is 193. The first-order chi connectivity index (χ1) is 7.92. The Morgan fingerprint density at radius 3 is 2.69 bits per heavy atom. The highest BCUT2D eigenvalue weighted by molar-refractivity contribution is 4.81. The molecule has 2 nitrogen and oxygen atoms in total. The van der Waals surface area contributed by atoms with Gasteiger partial charge in [-0.2, -0.15) is 0 Å². The summed E-state index contributed by atoms with van der Waals surface area (Å²) in [6, 6.07) is 0. The summed E-state index contributed by atoms with van der Waals surface area (Å²) in [5.41, 5.74) is 0. The second-order valence-corrected chi connectivity index (χ2v) is 5.46. The molecule has 2 fully saturated rings. The standard InChI is InChI=1S/C14H28N2/c1-2-3-6-10-15-12-8-13-16-11-7-4-5-9-14(15)16/h14H,2-13H2,1H3. The summed E-state index contributed by atoms with van der Waals surface area (Å²) in [6.07, 6.45) is 12.1. The molecule has 2 heteroatoms. The molecule has 0 aromatic heterocycles. The van der Waals surface area contributed by atoms with E-state index in [2.05, 4.69) is 16.7 Å². The SMILES string of the molecule is CCCCCN1CCCN2CCCCCC12. The topological polar surface area (TPSA) is 6.48 Å². The predicted octanol–water partition coefficient (Wildman–Crippen LogP) is 3.08. The van der Waals surface area contributed by atoms with Gasteiger partial charge in [-0.05, 0) is 38.8 Å². The summed E-state index contributed by atoms with van der Waals surface area (Å²) in [4.78, 5) is 5.52. The molecule has 0 aromatic rings. The van der Waals surface area contributed by atoms with Crippen molar-refractivity contribution in [3.63, 3.8) is 0 Å². The molecule has 0 aromatic carbocycles. The van der Waals surface area contributed by atoms with Crippen LogP contribution in [0.25, 0.3) is 0 Å². The normalized spacial score (nSPS) is 28.7. The third-order valence-corrected chi connectivity index (χ3v) is 4.19. The lowest BCUT2D eigenvalue weighted by molar-refractivity contribution is 0.00432. The van der Waals surface area contributed by atoms with E-state index < -0.39 is 0 Å². The molecular formula is C14H28N2. The Morgan fingerprint density at radius 1 is 0.938 bits per heavy atom. The number of unbranched alkanes of at least 4 members (excludes halogenated alkanes) is 2. The molecule has 0 N–H and O–H groups in total. The van der Waals surface area contributed by atoms with Gasteiger partial charge in [0.05, 0.1) is 6.17 Å². The highest BCUT2D eigenvalue weighted by Gasteiger charge is 2.29. The maximum atomic E-state index is 2.77. The van der Waals surface area contributed by atoms with Gasteiger partial charge in [0.25, 0.3) is 0 Å². The molecule has 0 spiro atoms.